The first-order chi connectivity index (χ1) is 11.1. The lowest BCUT2D eigenvalue weighted by molar-refractivity contribution is -0.129. The van der Waals surface area contributed by atoms with Crippen LogP contribution < -0.4 is 4.90 Å². The molecule has 1 amide bonds. The van der Waals surface area contributed by atoms with Crippen molar-refractivity contribution < 1.29 is 4.79 Å². The molecule has 0 N–H and O–H groups in total. The molecule has 0 unspecified atom stereocenters. The third-order valence-electron chi connectivity index (χ3n) is 4.49. The first-order valence-electron chi connectivity index (χ1n) is 7.92. The third kappa shape index (κ3) is 3.00. The number of hydrogen-bond donors (Lipinski definition) is 0. The number of anilines is 1. The number of nitriles is 1. The molecule has 1 saturated heterocycles. The van der Waals surface area contributed by atoms with E-state index in [1.165, 1.54) is 0 Å². The molecule has 1 aliphatic heterocycles. The second kappa shape index (κ2) is 6.29. The van der Waals surface area contributed by atoms with Gasteiger partial charge in [-0.05, 0) is 30.9 Å². The number of aromatic nitrogens is 2. The summed E-state index contributed by atoms with van der Waals surface area (Å²) in [6.45, 7) is 1.67. The molecule has 2 aromatic rings. The van der Waals surface area contributed by atoms with Crippen LogP contribution in [-0.2, 0) is 4.79 Å². The van der Waals surface area contributed by atoms with Gasteiger partial charge in [0, 0.05) is 39.8 Å². The van der Waals surface area contributed by atoms with E-state index in [1.807, 2.05) is 28.8 Å². The van der Waals surface area contributed by atoms with Crippen LogP contribution in [0.2, 0.25) is 0 Å². The van der Waals surface area contributed by atoms with Gasteiger partial charge in [0.1, 0.15) is 11.7 Å². The van der Waals surface area contributed by atoms with Crippen molar-refractivity contribution in [2.45, 2.75) is 19.3 Å². The maximum atomic E-state index is 11.8. The minimum absolute atomic E-state index is 0.189. The number of amides is 1. The fourth-order valence-electron chi connectivity index (χ4n) is 3.09. The van der Waals surface area contributed by atoms with Gasteiger partial charge in [-0.15, -0.1) is 0 Å². The summed E-state index contributed by atoms with van der Waals surface area (Å²) >= 11 is 0. The molecule has 0 saturated carbocycles. The van der Waals surface area contributed by atoms with E-state index in [9.17, 15) is 10.1 Å². The highest BCUT2D eigenvalue weighted by atomic mass is 16.2. The largest absolute Gasteiger partial charge is 0.354 e. The van der Waals surface area contributed by atoms with E-state index in [0.29, 0.717) is 18.0 Å². The van der Waals surface area contributed by atoms with Crippen molar-refractivity contribution in [3.63, 3.8) is 0 Å². The Labute approximate surface area is 135 Å². The molecule has 0 spiro atoms. The Morgan fingerprint density at radius 3 is 2.78 bits per heavy atom. The number of fused-ring (bicyclic) bond motifs is 1. The van der Waals surface area contributed by atoms with Crippen molar-refractivity contribution in [3.05, 3.63) is 30.1 Å². The molecule has 0 aromatic carbocycles. The Morgan fingerprint density at radius 1 is 1.39 bits per heavy atom. The maximum Gasteiger partial charge on any atom is 0.222 e. The molecule has 3 heterocycles. The van der Waals surface area contributed by atoms with E-state index in [-0.39, 0.29) is 5.91 Å². The van der Waals surface area contributed by atoms with Gasteiger partial charge < -0.3 is 9.80 Å². The SMILES string of the molecule is CN(C)C(=O)CC1CCN(c2nc3ccccn3c2C#N)CC1. The average Bonchev–Trinajstić information content (AvgIpc) is 2.94. The molecular formula is C17H21N5O. The lowest BCUT2D eigenvalue weighted by Crippen LogP contribution is -2.36. The molecule has 0 atom stereocenters. The maximum absolute atomic E-state index is 11.8. The predicted octanol–water partition coefficient (Wildman–Crippen LogP) is 1.90. The van der Waals surface area contributed by atoms with E-state index in [2.05, 4.69) is 16.0 Å². The van der Waals surface area contributed by atoms with Gasteiger partial charge in [0.15, 0.2) is 11.5 Å². The molecule has 120 valence electrons. The van der Waals surface area contributed by atoms with E-state index >= 15 is 0 Å². The molecule has 0 bridgehead atoms. The Balaban J connectivity index is 1.73. The van der Waals surface area contributed by atoms with Gasteiger partial charge in [-0.25, -0.2) is 4.98 Å². The highest BCUT2D eigenvalue weighted by molar-refractivity contribution is 5.75. The van der Waals surface area contributed by atoms with Crippen LogP contribution >= 0.6 is 0 Å². The zero-order chi connectivity index (χ0) is 16.4. The molecule has 23 heavy (non-hydrogen) atoms. The lowest BCUT2D eigenvalue weighted by Gasteiger charge is -2.32. The number of rotatable bonds is 3. The van der Waals surface area contributed by atoms with Crippen LogP contribution in [0.15, 0.2) is 24.4 Å². The quantitative estimate of drug-likeness (QED) is 0.868. The topological polar surface area (TPSA) is 64.6 Å². The van der Waals surface area contributed by atoms with Crippen molar-refractivity contribution in [1.29, 1.82) is 5.26 Å². The second-order valence-electron chi connectivity index (χ2n) is 6.25. The Hall–Kier alpha value is -2.55. The van der Waals surface area contributed by atoms with Crippen LogP contribution in [0.25, 0.3) is 5.65 Å². The summed E-state index contributed by atoms with van der Waals surface area (Å²) in [5.41, 5.74) is 1.38. The smallest absolute Gasteiger partial charge is 0.222 e. The number of imidazole rings is 1. The fourth-order valence-corrected chi connectivity index (χ4v) is 3.09. The molecule has 0 radical (unpaired) electrons. The minimum atomic E-state index is 0.189. The summed E-state index contributed by atoms with van der Waals surface area (Å²) in [7, 11) is 3.60. The van der Waals surface area contributed by atoms with Crippen molar-refractivity contribution in [2.24, 2.45) is 5.92 Å². The number of pyridine rings is 1. The highest BCUT2D eigenvalue weighted by Gasteiger charge is 2.25. The summed E-state index contributed by atoms with van der Waals surface area (Å²) in [5.74, 6) is 1.37. The van der Waals surface area contributed by atoms with Crippen molar-refractivity contribution >= 4 is 17.4 Å². The van der Waals surface area contributed by atoms with Crippen LogP contribution in [0.5, 0.6) is 0 Å². The lowest BCUT2D eigenvalue weighted by atomic mass is 9.93. The highest BCUT2D eigenvalue weighted by Crippen LogP contribution is 2.28. The molecule has 6 heteroatoms. The number of piperidine rings is 1. The van der Waals surface area contributed by atoms with Gasteiger partial charge in [0.2, 0.25) is 5.91 Å². The van der Waals surface area contributed by atoms with E-state index < -0.39 is 0 Å². The zero-order valence-electron chi connectivity index (χ0n) is 13.6. The molecule has 1 aliphatic rings. The van der Waals surface area contributed by atoms with Gasteiger partial charge in [0.25, 0.3) is 0 Å². The summed E-state index contributed by atoms with van der Waals surface area (Å²) < 4.78 is 1.83. The fraction of sp³-hybridized carbons (Fsp3) is 0.471. The predicted molar refractivity (Wildman–Crippen MR) is 88.2 cm³/mol. The summed E-state index contributed by atoms with van der Waals surface area (Å²) in [6, 6.07) is 8.01. The first-order valence-corrected chi connectivity index (χ1v) is 7.92. The van der Waals surface area contributed by atoms with Crippen LogP contribution in [0, 0.1) is 17.2 Å². The number of carbonyl (C=O) groups is 1. The molecule has 2 aromatic heterocycles. The Morgan fingerprint density at radius 2 is 2.13 bits per heavy atom. The monoisotopic (exact) mass is 311 g/mol. The van der Waals surface area contributed by atoms with Gasteiger partial charge in [-0.1, -0.05) is 6.07 Å². The van der Waals surface area contributed by atoms with Gasteiger partial charge in [0.05, 0.1) is 0 Å². The zero-order valence-corrected chi connectivity index (χ0v) is 13.6. The summed E-state index contributed by atoms with van der Waals surface area (Å²) in [6.07, 6.45) is 4.39. The Kier molecular flexibility index (Phi) is 4.20. The van der Waals surface area contributed by atoms with E-state index in [4.69, 9.17) is 0 Å². The van der Waals surface area contributed by atoms with Gasteiger partial charge in [-0.3, -0.25) is 9.20 Å². The van der Waals surface area contributed by atoms with Crippen LogP contribution in [0.3, 0.4) is 0 Å². The third-order valence-corrected chi connectivity index (χ3v) is 4.49. The second-order valence-corrected chi connectivity index (χ2v) is 6.25. The molecular weight excluding hydrogens is 290 g/mol. The van der Waals surface area contributed by atoms with Crippen LogP contribution in [-0.4, -0.2) is 47.4 Å². The first kappa shape index (κ1) is 15.3. The number of carbonyl (C=O) groups excluding carboxylic acids is 1. The van der Waals surface area contributed by atoms with Gasteiger partial charge in [-0.2, -0.15) is 5.26 Å². The van der Waals surface area contributed by atoms with Crippen LogP contribution in [0.1, 0.15) is 25.0 Å². The van der Waals surface area contributed by atoms with Crippen molar-refractivity contribution in [3.8, 4) is 6.07 Å². The standard InChI is InChI=1S/C17H21N5O/c1-20(2)16(23)11-13-6-9-21(10-7-13)17-14(12-18)22-8-4-3-5-15(22)19-17/h3-5,8,13H,6-7,9-11H2,1-2H3. The molecule has 6 nitrogen and oxygen atoms in total. The van der Waals surface area contributed by atoms with Crippen molar-refractivity contribution in [2.75, 3.05) is 32.1 Å². The number of nitrogens with zero attached hydrogens (tertiary/aromatic N) is 5. The number of hydrogen-bond acceptors (Lipinski definition) is 4. The van der Waals surface area contributed by atoms with Crippen LogP contribution in [0.4, 0.5) is 5.82 Å². The normalized spacial score (nSPS) is 15.6. The van der Waals surface area contributed by atoms with Gasteiger partial charge >= 0.3 is 0 Å². The van der Waals surface area contributed by atoms with E-state index in [0.717, 1.165) is 37.4 Å². The molecule has 3 rings (SSSR count). The minimum Gasteiger partial charge on any atom is -0.354 e. The average molecular weight is 311 g/mol. The van der Waals surface area contributed by atoms with Crippen molar-refractivity contribution in [1.82, 2.24) is 14.3 Å². The molecule has 0 aliphatic carbocycles. The summed E-state index contributed by atoms with van der Waals surface area (Å²) in [4.78, 5) is 20.3. The molecule has 1 fully saturated rings. The van der Waals surface area contributed by atoms with E-state index in [1.54, 1.807) is 19.0 Å². The Bertz CT molecular complexity index is 750. The summed E-state index contributed by atoms with van der Waals surface area (Å²) in [5, 5.41) is 9.48.